The molecular weight excluding hydrogens is 177 g/mol. The maximum Gasteiger partial charge on any atom is 0.160 e. The van der Waals surface area contributed by atoms with Gasteiger partial charge in [-0.2, -0.15) is 0 Å². The molecule has 0 N–H and O–H groups in total. The molecule has 0 fully saturated rings. The average molecular weight is 181 g/mol. The second-order valence-electron chi connectivity index (χ2n) is 2.29. The first-order chi connectivity index (χ1) is 5.83. The van der Waals surface area contributed by atoms with Crippen molar-refractivity contribution in [3.05, 3.63) is 29.0 Å². The summed E-state index contributed by atoms with van der Waals surface area (Å²) in [6.45, 7) is 0. The van der Waals surface area contributed by atoms with E-state index in [4.69, 9.17) is 0 Å². The van der Waals surface area contributed by atoms with Crippen LogP contribution in [0.15, 0.2) is 17.6 Å². The molecule has 0 aliphatic heterocycles. The molecule has 0 aliphatic rings. The van der Waals surface area contributed by atoms with E-state index in [1.807, 2.05) is 0 Å². The number of carbonyl (C=O) groups is 1. The number of rotatable bonds is 1. The van der Waals surface area contributed by atoms with Gasteiger partial charge in [-0.05, 0) is 12.1 Å². The van der Waals surface area contributed by atoms with Crippen LogP contribution in [0.5, 0.6) is 0 Å². The zero-order valence-electron chi connectivity index (χ0n) is 5.95. The molecule has 0 aliphatic carbocycles. The molecule has 0 amide bonds. The fraction of sp³-hybridized carbons (Fsp3) is 0. The van der Waals surface area contributed by atoms with Gasteiger partial charge >= 0.3 is 0 Å². The lowest BCUT2D eigenvalue weighted by Gasteiger charge is -1.93. The van der Waals surface area contributed by atoms with E-state index in [1.165, 1.54) is 17.4 Å². The van der Waals surface area contributed by atoms with Crippen molar-refractivity contribution in [2.24, 2.45) is 0 Å². The maximum atomic E-state index is 13.2. The molecular formula is C8H4FNOS. The number of aromatic nitrogens is 1. The van der Waals surface area contributed by atoms with Gasteiger partial charge in [-0.25, -0.2) is 9.37 Å². The van der Waals surface area contributed by atoms with Crippen LogP contribution in [-0.4, -0.2) is 11.3 Å². The van der Waals surface area contributed by atoms with Crippen LogP contribution in [0.4, 0.5) is 4.39 Å². The minimum Gasteiger partial charge on any atom is -0.298 e. The molecule has 60 valence electrons. The van der Waals surface area contributed by atoms with Gasteiger partial charge in [-0.1, -0.05) is 0 Å². The molecule has 2 rings (SSSR count). The van der Waals surface area contributed by atoms with Crippen LogP contribution in [0, 0.1) is 5.82 Å². The first kappa shape index (κ1) is 7.36. The van der Waals surface area contributed by atoms with Gasteiger partial charge in [0.25, 0.3) is 0 Å². The molecule has 1 heterocycles. The van der Waals surface area contributed by atoms with Gasteiger partial charge in [0.1, 0.15) is 5.52 Å². The summed E-state index contributed by atoms with van der Waals surface area (Å²) in [6.07, 6.45) is 0.494. The third kappa shape index (κ3) is 0.921. The second-order valence-corrected chi connectivity index (χ2v) is 3.17. The van der Waals surface area contributed by atoms with Gasteiger partial charge in [-0.15, -0.1) is 11.3 Å². The van der Waals surface area contributed by atoms with Crippen LogP contribution in [0.25, 0.3) is 10.2 Å². The van der Waals surface area contributed by atoms with Gasteiger partial charge < -0.3 is 0 Å². The SMILES string of the molecule is O=Cc1ccc2scnc2c1F. The van der Waals surface area contributed by atoms with E-state index < -0.39 is 5.82 Å². The molecule has 4 heteroatoms. The Morgan fingerprint density at radius 3 is 3.08 bits per heavy atom. The molecule has 1 aromatic heterocycles. The van der Waals surface area contributed by atoms with Crippen molar-refractivity contribution in [1.82, 2.24) is 4.98 Å². The van der Waals surface area contributed by atoms with E-state index >= 15 is 0 Å². The molecule has 0 bridgehead atoms. The predicted octanol–water partition coefficient (Wildman–Crippen LogP) is 2.25. The molecule has 0 unspecified atom stereocenters. The van der Waals surface area contributed by atoms with Crippen molar-refractivity contribution >= 4 is 27.8 Å². The zero-order chi connectivity index (χ0) is 8.55. The van der Waals surface area contributed by atoms with E-state index in [1.54, 1.807) is 11.6 Å². The Labute approximate surface area is 71.7 Å². The molecule has 0 spiro atoms. The van der Waals surface area contributed by atoms with Gasteiger partial charge in [0.15, 0.2) is 12.1 Å². The van der Waals surface area contributed by atoms with Crippen molar-refractivity contribution in [2.45, 2.75) is 0 Å². The highest BCUT2D eigenvalue weighted by atomic mass is 32.1. The van der Waals surface area contributed by atoms with E-state index in [2.05, 4.69) is 4.98 Å². The van der Waals surface area contributed by atoms with Crippen LogP contribution in [-0.2, 0) is 0 Å². The summed E-state index contributed by atoms with van der Waals surface area (Å²) in [5, 5.41) is 0. The molecule has 2 nitrogen and oxygen atoms in total. The lowest BCUT2D eigenvalue weighted by Crippen LogP contribution is -1.87. The molecule has 0 atom stereocenters. The maximum absolute atomic E-state index is 13.2. The monoisotopic (exact) mass is 181 g/mol. The number of hydrogen-bond donors (Lipinski definition) is 0. The van der Waals surface area contributed by atoms with E-state index in [9.17, 15) is 9.18 Å². The van der Waals surface area contributed by atoms with Gasteiger partial charge in [0.05, 0.1) is 15.8 Å². The van der Waals surface area contributed by atoms with Crippen LogP contribution in [0.2, 0.25) is 0 Å². The lowest BCUT2D eigenvalue weighted by molar-refractivity contribution is 0.112. The van der Waals surface area contributed by atoms with E-state index in [0.29, 0.717) is 6.29 Å². The highest BCUT2D eigenvalue weighted by Crippen LogP contribution is 2.21. The Hall–Kier alpha value is -1.29. The number of benzene rings is 1. The number of hydrogen-bond acceptors (Lipinski definition) is 3. The minimum absolute atomic E-state index is 0.0633. The third-order valence-corrected chi connectivity index (χ3v) is 2.39. The van der Waals surface area contributed by atoms with Crippen LogP contribution < -0.4 is 0 Å². The number of carbonyl (C=O) groups excluding carboxylic acids is 1. The Balaban J connectivity index is 2.86. The number of nitrogens with zero attached hydrogens (tertiary/aromatic N) is 1. The number of thiazole rings is 1. The van der Waals surface area contributed by atoms with Gasteiger partial charge in [0.2, 0.25) is 0 Å². The van der Waals surface area contributed by atoms with Crippen molar-refractivity contribution in [3.63, 3.8) is 0 Å². The molecule has 0 saturated carbocycles. The lowest BCUT2D eigenvalue weighted by atomic mass is 10.2. The first-order valence-corrected chi connectivity index (χ1v) is 4.18. The summed E-state index contributed by atoms with van der Waals surface area (Å²) in [5.41, 5.74) is 1.90. The van der Waals surface area contributed by atoms with Crippen LogP contribution in [0.1, 0.15) is 10.4 Å². The van der Waals surface area contributed by atoms with Crippen molar-refractivity contribution in [2.75, 3.05) is 0 Å². The zero-order valence-corrected chi connectivity index (χ0v) is 6.77. The third-order valence-electron chi connectivity index (χ3n) is 1.60. The summed E-state index contributed by atoms with van der Waals surface area (Å²) in [5.74, 6) is -0.524. The molecule has 1 aromatic carbocycles. The van der Waals surface area contributed by atoms with Crippen molar-refractivity contribution < 1.29 is 9.18 Å². The second kappa shape index (κ2) is 2.64. The Bertz CT molecular complexity index is 438. The smallest absolute Gasteiger partial charge is 0.160 e. The summed E-state index contributed by atoms with van der Waals surface area (Å²) >= 11 is 1.35. The van der Waals surface area contributed by atoms with Crippen molar-refractivity contribution in [3.8, 4) is 0 Å². The van der Waals surface area contributed by atoms with Crippen LogP contribution >= 0.6 is 11.3 Å². The number of fused-ring (bicyclic) bond motifs is 1. The molecule has 0 saturated heterocycles. The largest absolute Gasteiger partial charge is 0.298 e. The van der Waals surface area contributed by atoms with Crippen molar-refractivity contribution in [1.29, 1.82) is 0 Å². The topological polar surface area (TPSA) is 30.0 Å². The molecule has 0 radical (unpaired) electrons. The van der Waals surface area contributed by atoms with Crippen LogP contribution in [0.3, 0.4) is 0 Å². The minimum atomic E-state index is -0.524. The summed E-state index contributed by atoms with van der Waals surface area (Å²) in [7, 11) is 0. The Morgan fingerprint density at radius 2 is 2.33 bits per heavy atom. The quantitative estimate of drug-likeness (QED) is 0.631. The standard InChI is InChI=1S/C8H4FNOS/c9-7-5(3-11)1-2-6-8(7)10-4-12-6/h1-4H. The normalized spacial score (nSPS) is 10.4. The van der Waals surface area contributed by atoms with E-state index in [0.717, 1.165) is 4.70 Å². The van der Waals surface area contributed by atoms with Gasteiger partial charge in [0, 0.05) is 0 Å². The Morgan fingerprint density at radius 1 is 1.50 bits per heavy atom. The van der Waals surface area contributed by atoms with E-state index in [-0.39, 0.29) is 11.1 Å². The summed E-state index contributed by atoms with van der Waals surface area (Å²) in [6, 6.07) is 3.16. The molecule has 12 heavy (non-hydrogen) atoms. The summed E-state index contributed by atoms with van der Waals surface area (Å²) < 4.78 is 14.0. The average Bonchev–Trinajstić information content (AvgIpc) is 2.53. The predicted molar refractivity (Wildman–Crippen MR) is 45.0 cm³/mol. The highest BCUT2D eigenvalue weighted by Gasteiger charge is 2.07. The first-order valence-electron chi connectivity index (χ1n) is 3.30. The highest BCUT2D eigenvalue weighted by molar-refractivity contribution is 7.16. The van der Waals surface area contributed by atoms with Gasteiger partial charge in [-0.3, -0.25) is 4.79 Å². The fourth-order valence-electron chi connectivity index (χ4n) is 1.00. The summed E-state index contributed by atoms with van der Waals surface area (Å²) in [4.78, 5) is 14.1. The number of halogens is 1. The molecule has 2 aromatic rings. The Kier molecular flexibility index (Phi) is 1.62. The number of aldehydes is 1. The fourth-order valence-corrected chi connectivity index (χ4v) is 1.68.